The van der Waals surface area contributed by atoms with E-state index < -0.39 is 22.8 Å². The Kier molecular flexibility index (Phi) is 2.38. The molecular weight excluding hydrogens is 229 g/mol. The third-order valence-electron chi connectivity index (χ3n) is 3.91. The standard InChI is InChI=1S/C13H15F3O/c1-11(2)7-8-6-9(13(14,15)16)4-5-10(8)12(11,3)17/h4-6,17H,7H2,1-3H3. The zero-order valence-electron chi connectivity index (χ0n) is 10.0. The van der Waals surface area contributed by atoms with Gasteiger partial charge in [0.05, 0.1) is 11.2 Å². The monoisotopic (exact) mass is 244 g/mol. The smallest absolute Gasteiger partial charge is 0.385 e. The lowest BCUT2D eigenvalue weighted by Crippen LogP contribution is -2.35. The van der Waals surface area contributed by atoms with Gasteiger partial charge in [0.1, 0.15) is 0 Å². The molecule has 1 aliphatic rings. The SMILES string of the molecule is CC1(C)Cc2cc(C(F)(F)F)ccc2C1(C)O. The summed E-state index contributed by atoms with van der Waals surface area (Å²) in [6.07, 6.45) is -3.87. The first-order valence-corrected chi connectivity index (χ1v) is 5.49. The van der Waals surface area contributed by atoms with E-state index in [-0.39, 0.29) is 0 Å². The molecule has 0 heterocycles. The first kappa shape index (κ1) is 12.4. The molecule has 1 N–H and O–H groups in total. The number of benzene rings is 1. The van der Waals surface area contributed by atoms with E-state index in [0.29, 0.717) is 17.5 Å². The van der Waals surface area contributed by atoms with Crippen molar-refractivity contribution in [2.24, 2.45) is 5.41 Å². The fourth-order valence-electron chi connectivity index (χ4n) is 2.40. The summed E-state index contributed by atoms with van der Waals surface area (Å²) in [6, 6.07) is 3.58. The molecule has 0 saturated carbocycles. The molecule has 0 fully saturated rings. The number of aliphatic hydroxyl groups is 1. The van der Waals surface area contributed by atoms with Gasteiger partial charge in [-0.3, -0.25) is 0 Å². The minimum absolute atomic E-state index is 0.445. The molecule has 1 nitrogen and oxygen atoms in total. The first-order chi connectivity index (χ1) is 7.56. The highest BCUT2D eigenvalue weighted by Crippen LogP contribution is 2.50. The third kappa shape index (κ3) is 1.75. The van der Waals surface area contributed by atoms with Gasteiger partial charge in [0.15, 0.2) is 0 Å². The van der Waals surface area contributed by atoms with Gasteiger partial charge in [0, 0.05) is 5.41 Å². The number of hydrogen-bond donors (Lipinski definition) is 1. The second kappa shape index (κ2) is 3.25. The van der Waals surface area contributed by atoms with E-state index in [1.54, 1.807) is 6.92 Å². The van der Waals surface area contributed by atoms with E-state index in [4.69, 9.17) is 0 Å². The highest BCUT2D eigenvalue weighted by atomic mass is 19.4. The van der Waals surface area contributed by atoms with Crippen molar-refractivity contribution in [1.82, 2.24) is 0 Å². The maximum Gasteiger partial charge on any atom is 0.416 e. The minimum Gasteiger partial charge on any atom is -0.385 e. The van der Waals surface area contributed by atoms with Crippen LogP contribution in [0.1, 0.15) is 37.5 Å². The number of alkyl halides is 3. The van der Waals surface area contributed by atoms with Gasteiger partial charge in [-0.15, -0.1) is 0 Å². The molecule has 0 aliphatic heterocycles. The molecule has 0 amide bonds. The van der Waals surface area contributed by atoms with Gasteiger partial charge in [0.25, 0.3) is 0 Å². The Morgan fingerprint density at radius 1 is 1.18 bits per heavy atom. The van der Waals surface area contributed by atoms with Crippen molar-refractivity contribution in [3.63, 3.8) is 0 Å². The Bertz CT molecular complexity index is 458. The maximum absolute atomic E-state index is 12.6. The van der Waals surface area contributed by atoms with Crippen molar-refractivity contribution >= 4 is 0 Å². The summed E-state index contributed by atoms with van der Waals surface area (Å²) in [5, 5.41) is 10.4. The van der Waals surface area contributed by atoms with Crippen molar-refractivity contribution in [1.29, 1.82) is 0 Å². The van der Waals surface area contributed by atoms with Crippen LogP contribution in [0.3, 0.4) is 0 Å². The molecule has 4 heteroatoms. The van der Waals surface area contributed by atoms with Gasteiger partial charge in [-0.25, -0.2) is 0 Å². The van der Waals surface area contributed by atoms with Crippen molar-refractivity contribution in [3.8, 4) is 0 Å². The molecule has 94 valence electrons. The summed E-state index contributed by atoms with van der Waals surface area (Å²) < 4.78 is 37.7. The van der Waals surface area contributed by atoms with Crippen molar-refractivity contribution in [3.05, 3.63) is 34.9 Å². The lowest BCUT2D eigenvalue weighted by Gasteiger charge is -2.33. The van der Waals surface area contributed by atoms with E-state index in [0.717, 1.165) is 12.1 Å². The summed E-state index contributed by atoms with van der Waals surface area (Å²) in [7, 11) is 0. The quantitative estimate of drug-likeness (QED) is 0.740. The number of rotatable bonds is 0. The van der Waals surface area contributed by atoms with Gasteiger partial charge in [-0.1, -0.05) is 19.9 Å². The van der Waals surface area contributed by atoms with Crippen molar-refractivity contribution in [2.45, 2.75) is 39.0 Å². The topological polar surface area (TPSA) is 20.2 Å². The largest absolute Gasteiger partial charge is 0.416 e. The predicted octanol–water partition coefficient (Wildman–Crippen LogP) is 3.50. The van der Waals surface area contributed by atoms with E-state index in [1.165, 1.54) is 6.07 Å². The van der Waals surface area contributed by atoms with Crippen LogP contribution in [0.25, 0.3) is 0 Å². The molecule has 0 bridgehead atoms. The number of hydrogen-bond acceptors (Lipinski definition) is 1. The molecule has 0 saturated heterocycles. The highest BCUT2D eigenvalue weighted by Gasteiger charge is 2.48. The molecule has 1 aromatic carbocycles. The molecule has 1 aliphatic carbocycles. The van der Waals surface area contributed by atoms with E-state index in [2.05, 4.69) is 0 Å². The molecule has 2 rings (SSSR count). The summed E-state index contributed by atoms with van der Waals surface area (Å²) >= 11 is 0. The minimum atomic E-state index is -4.33. The molecule has 17 heavy (non-hydrogen) atoms. The summed E-state index contributed by atoms with van der Waals surface area (Å²) in [5.74, 6) is 0. The second-order valence-corrected chi connectivity index (χ2v) is 5.50. The molecular formula is C13H15F3O. The zero-order valence-corrected chi connectivity index (χ0v) is 10.0. The van der Waals surface area contributed by atoms with Crippen LogP contribution in [-0.4, -0.2) is 5.11 Å². The summed E-state index contributed by atoms with van der Waals surface area (Å²) in [4.78, 5) is 0. The van der Waals surface area contributed by atoms with E-state index in [9.17, 15) is 18.3 Å². The van der Waals surface area contributed by atoms with Gasteiger partial charge >= 0.3 is 6.18 Å². The van der Waals surface area contributed by atoms with Gasteiger partial charge in [-0.2, -0.15) is 13.2 Å². The molecule has 1 unspecified atom stereocenters. The number of fused-ring (bicyclic) bond motifs is 1. The van der Waals surface area contributed by atoms with Gasteiger partial charge in [0.2, 0.25) is 0 Å². The van der Waals surface area contributed by atoms with E-state index >= 15 is 0 Å². The Balaban J connectivity index is 2.54. The maximum atomic E-state index is 12.6. The predicted molar refractivity (Wildman–Crippen MR) is 58.5 cm³/mol. The normalized spacial score (nSPS) is 27.0. The van der Waals surface area contributed by atoms with Crippen LogP contribution in [0, 0.1) is 5.41 Å². The van der Waals surface area contributed by atoms with E-state index in [1.807, 2.05) is 13.8 Å². The van der Waals surface area contributed by atoms with Crippen LogP contribution in [-0.2, 0) is 18.2 Å². The number of halogens is 3. The van der Waals surface area contributed by atoms with Crippen LogP contribution in [0.15, 0.2) is 18.2 Å². The molecule has 0 spiro atoms. The Hall–Kier alpha value is -1.03. The van der Waals surface area contributed by atoms with Crippen LogP contribution in [0.2, 0.25) is 0 Å². The lowest BCUT2D eigenvalue weighted by molar-refractivity contribution is -0.137. The van der Waals surface area contributed by atoms with Gasteiger partial charge in [-0.05, 0) is 36.6 Å². The second-order valence-electron chi connectivity index (χ2n) is 5.50. The average molecular weight is 244 g/mol. The Morgan fingerprint density at radius 3 is 2.29 bits per heavy atom. The molecule has 1 aromatic rings. The third-order valence-corrected chi connectivity index (χ3v) is 3.91. The van der Waals surface area contributed by atoms with Crippen LogP contribution in [0.5, 0.6) is 0 Å². The molecule has 1 atom stereocenters. The zero-order chi connectivity index (χ0) is 13.1. The summed E-state index contributed by atoms with van der Waals surface area (Å²) in [5.41, 5.74) is -0.971. The molecule has 0 aromatic heterocycles. The first-order valence-electron chi connectivity index (χ1n) is 5.49. The van der Waals surface area contributed by atoms with Gasteiger partial charge < -0.3 is 5.11 Å². The van der Waals surface area contributed by atoms with Crippen LogP contribution < -0.4 is 0 Å². The fourth-order valence-corrected chi connectivity index (χ4v) is 2.40. The fraction of sp³-hybridized carbons (Fsp3) is 0.538. The highest BCUT2D eigenvalue weighted by molar-refractivity contribution is 5.43. The van der Waals surface area contributed by atoms with Crippen LogP contribution >= 0.6 is 0 Å². The Labute approximate surface area is 98.3 Å². The van der Waals surface area contributed by atoms with Crippen LogP contribution in [0.4, 0.5) is 13.2 Å². The molecule has 0 radical (unpaired) electrons. The Morgan fingerprint density at radius 2 is 1.76 bits per heavy atom. The lowest BCUT2D eigenvalue weighted by atomic mass is 9.77. The van der Waals surface area contributed by atoms with Crippen molar-refractivity contribution < 1.29 is 18.3 Å². The average Bonchev–Trinajstić information content (AvgIpc) is 2.31. The van der Waals surface area contributed by atoms with Crippen molar-refractivity contribution in [2.75, 3.05) is 0 Å². The summed E-state index contributed by atoms with van der Waals surface area (Å²) in [6.45, 7) is 5.38.